The van der Waals surface area contributed by atoms with Crippen molar-refractivity contribution in [2.75, 3.05) is 13.1 Å². The molecule has 0 aromatic rings. The molecule has 0 saturated carbocycles. The molecule has 0 aromatic heterocycles. The molecule has 1 N–H and O–H groups in total. The third-order valence-corrected chi connectivity index (χ3v) is 2.38. The summed E-state index contributed by atoms with van der Waals surface area (Å²) in [6, 6.07) is 0. The molecule has 1 rings (SSSR count). The van der Waals surface area contributed by atoms with Crippen molar-refractivity contribution in [3.05, 3.63) is 0 Å². The van der Waals surface area contributed by atoms with Crippen molar-refractivity contribution in [2.45, 2.75) is 38.8 Å². The second-order valence-electron chi connectivity index (χ2n) is 3.33. The van der Waals surface area contributed by atoms with Crippen molar-refractivity contribution in [1.82, 2.24) is 10.2 Å². The number of hydrogen-bond acceptors (Lipinski definition) is 2. The zero-order valence-corrected chi connectivity index (χ0v) is 7.75. The minimum atomic E-state index is 0.302. The number of rotatable bonds is 4. The van der Waals surface area contributed by atoms with Crippen LogP contribution in [0.25, 0.3) is 0 Å². The zero-order valence-electron chi connectivity index (χ0n) is 7.75. The Labute approximate surface area is 74.1 Å². The van der Waals surface area contributed by atoms with Gasteiger partial charge in [0.15, 0.2) is 0 Å². The van der Waals surface area contributed by atoms with Crippen molar-refractivity contribution >= 4 is 6.41 Å². The summed E-state index contributed by atoms with van der Waals surface area (Å²) in [7, 11) is 0. The van der Waals surface area contributed by atoms with Crippen LogP contribution in [-0.2, 0) is 4.79 Å². The number of hydrogen-bond donors (Lipinski definition) is 1. The van der Waals surface area contributed by atoms with Crippen molar-refractivity contribution in [1.29, 1.82) is 0 Å². The van der Waals surface area contributed by atoms with Gasteiger partial charge in [-0.1, -0.05) is 6.92 Å². The van der Waals surface area contributed by atoms with E-state index in [1.807, 2.05) is 0 Å². The van der Waals surface area contributed by atoms with Gasteiger partial charge in [-0.3, -0.25) is 9.69 Å². The fourth-order valence-electron chi connectivity index (χ4n) is 1.81. The second-order valence-corrected chi connectivity index (χ2v) is 3.33. The number of likely N-dealkylation sites (tertiary alicyclic amines) is 1. The van der Waals surface area contributed by atoms with Gasteiger partial charge in [0.2, 0.25) is 6.41 Å². The van der Waals surface area contributed by atoms with Crippen molar-refractivity contribution in [3.63, 3.8) is 0 Å². The van der Waals surface area contributed by atoms with E-state index in [1.54, 1.807) is 0 Å². The molecule has 12 heavy (non-hydrogen) atoms. The summed E-state index contributed by atoms with van der Waals surface area (Å²) in [5, 5.41) is 2.86. The maximum atomic E-state index is 10.3. The summed E-state index contributed by atoms with van der Waals surface area (Å²) in [4.78, 5) is 12.6. The predicted molar refractivity (Wildman–Crippen MR) is 48.7 cm³/mol. The van der Waals surface area contributed by atoms with E-state index in [0.717, 1.165) is 32.3 Å². The van der Waals surface area contributed by atoms with Gasteiger partial charge in [-0.15, -0.1) is 0 Å². The van der Waals surface area contributed by atoms with E-state index in [4.69, 9.17) is 0 Å². The predicted octanol–water partition coefficient (Wildman–Crippen LogP) is 0.954. The quantitative estimate of drug-likeness (QED) is 0.637. The molecule has 3 nitrogen and oxygen atoms in total. The van der Waals surface area contributed by atoms with Gasteiger partial charge in [-0.2, -0.15) is 0 Å². The SMILES string of the molecule is CCCN1CCCCC1NC=O. The van der Waals surface area contributed by atoms with Gasteiger partial charge in [0.05, 0.1) is 6.17 Å². The van der Waals surface area contributed by atoms with Gasteiger partial charge in [0.1, 0.15) is 0 Å². The molecule has 1 heterocycles. The molecule has 0 spiro atoms. The number of nitrogens with one attached hydrogen (secondary N) is 1. The van der Waals surface area contributed by atoms with Gasteiger partial charge in [0, 0.05) is 6.54 Å². The Hall–Kier alpha value is -0.570. The maximum absolute atomic E-state index is 10.3. The third-order valence-electron chi connectivity index (χ3n) is 2.38. The average molecular weight is 170 g/mol. The minimum absolute atomic E-state index is 0.302. The Morgan fingerprint density at radius 1 is 1.58 bits per heavy atom. The minimum Gasteiger partial charge on any atom is -0.343 e. The fourth-order valence-corrected chi connectivity index (χ4v) is 1.81. The van der Waals surface area contributed by atoms with Crippen molar-refractivity contribution in [2.24, 2.45) is 0 Å². The van der Waals surface area contributed by atoms with Gasteiger partial charge in [-0.25, -0.2) is 0 Å². The first kappa shape index (κ1) is 9.52. The number of piperidine rings is 1. The summed E-state index contributed by atoms with van der Waals surface area (Å²) in [6.45, 7) is 4.41. The summed E-state index contributed by atoms with van der Waals surface area (Å²) in [5.41, 5.74) is 0. The molecule has 0 aliphatic carbocycles. The highest BCUT2D eigenvalue weighted by atomic mass is 16.1. The molecule has 1 aliphatic rings. The van der Waals surface area contributed by atoms with Gasteiger partial charge >= 0.3 is 0 Å². The largest absolute Gasteiger partial charge is 0.343 e. The Morgan fingerprint density at radius 2 is 2.42 bits per heavy atom. The lowest BCUT2D eigenvalue weighted by Gasteiger charge is -2.34. The fraction of sp³-hybridized carbons (Fsp3) is 0.889. The van der Waals surface area contributed by atoms with Crippen LogP contribution in [0.2, 0.25) is 0 Å². The molecular formula is C9H18N2O. The normalized spacial score (nSPS) is 25.2. The Kier molecular flexibility index (Phi) is 4.08. The number of nitrogens with zero attached hydrogens (tertiary/aromatic N) is 1. The van der Waals surface area contributed by atoms with Crippen LogP contribution in [0.3, 0.4) is 0 Å². The zero-order chi connectivity index (χ0) is 8.81. The van der Waals surface area contributed by atoms with E-state index < -0.39 is 0 Å². The van der Waals surface area contributed by atoms with E-state index in [1.165, 1.54) is 12.8 Å². The number of carbonyl (C=O) groups is 1. The van der Waals surface area contributed by atoms with Crippen LogP contribution in [0.4, 0.5) is 0 Å². The average Bonchev–Trinajstić information content (AvgIpc) is 2.09. The Bertz CT molecular complexity index is 136. The molecule has 3 heteroatoms. The topological polar surface area (TPSA) is 32.3 Å². The third kappa shape index (κ3) is 2.48. The lowest BCUT2D eigenvalue weighted by atomic mass is 10.1. The summed E-state index contributed by atoms with van der Waals surface area (Å²) >= 11 is 0. The molecular weight excluding hydrogens is 152 g/mol. The Morgan fingerprint density at radius 3 is 3.08 bits per heavy atom. The van der Waals surface area contributed by atoms with Gasteiger partial charge in [0.25, 0.3) is 0 Å². The molecule has 1 amide bonds. The van der Waals surface area contributed by atoms with E-state index in [2.05, 4.69) is 17.1 Å². The highest BCUT2D eigenvalue weighted by Crippen LogP contribution is 2.14. The first-order chi connectivity index (χ1) is 5.88. The molecule has 1 unspecified atom stereocenters. The van der Waals surface area contributed by atoms with E-state index in [9.17, 15) is 4.79 Å². The monoisotopic (exact) mass is 170 g/mol. The molecule has 1 aliphatic heterocycles. The maximum Gasteiger partial charge on any atom is 0.208 e. The summed E-state index contributed by atoms with van der Waals surface area (Å²) in [5.74, 6) is 0. The first-order valence-corrected chi connectivity index (χ1v) is 4.82. The van der Waals surface area contributed by atoms with Crippen LogP contribution < -0.4 is 5.32 Å². The van der Waals surface area contributed by atoms with E-state index >= 15 is 0 Å². The highest BCUT2D eigenvalue weighted by molar-refractivity contribution is 5.46. The molecule has 0 bridgehead atoms. The second kappa shape index (κ2) is 5.14. The van der Waals surface area contributed by atoms with E-state index in [-0.39, 0.29) is 0 Å². The first-order valence-electron chi connectivity index (χ1n) is 4.82. The van der Waals surface area contributed by atoms with Crippen LogP contribution in [0.15, 0.2) is 0 Å². The molecule has 1 fully saturated rings. The van der Waals surface area contributed by atoms with Gasteiger partial charge < -0.3 is 5.32 Å². The smallest absolute Gasteiger partial charge is 0.208 e. The molecule has 0 radical (unpaired) electrons. The van der Waals surface area contributed by atoms with Crippen molar-refractivity contribution < 1.29 is 4.79 Å². The number of amides is 1. The number of carbonyl (C=O) groups excluding carboxylic acids is 1. The highest BCUT2D eigenvalue weighted by Gasteiger charge is 2.19. The molecule has 1 saturated heterocycles. The molecule has 70 valence electrons. The van der Waals surface area contributed by atoms with Crippen LogP contribution >= 0.6 is 0 Å². The summed E-state index contributed by atoms with van der Waals surface area (Å²) < 4.78 is 0. The van der Waals surface area contributed by atoms with E-state index in [0.29, 0.717) is 6.17 Å². The Balaban J connectivity index is 2.36. The standard InChI is InChI=1S/C9H18N2O/c1-2-6-11-7-4-3-5-9(11)10-8-12/h8-9H,2-7H2,1H3,(H,10,12). The van der Waals surface area contributed by atoms with Crippen LogP contribution in [-0.4, -0.2) is 30.6 Å². The van der Waals surface area contributed by atoms with Crippen LogP contribution in [0, 0.1) is 0 Å². The lowest BCUT2D eigenvalue weighted by molar-refractivity contribution is -0.111. The lowest BCUT2D eigenvalue weighted by Crippen LogP contribution is -2.48. The van der Waals surface area contributed by atoms with Crippen molar-refractivity contribution in [3.8, 4) is 0 Å². The molecule has 0 aromatic carbocycles. The van der Waals surface area contributed by atoms with Gasteiger partial charge in [-0.05, 0) is 32.2 Å². The van der Waals surface area contributed by atoms with Crippen LogP contribution in [0.5, 0.6) is 0 Å². The molecule has 1 atom stereocenters. The summed E-state index contributed by atoms with van der Waals surface area (Å²) in [6.07, 6.45) is 5.91. The van der Waals surface area contributed by atoms with Crippen LogP contribution in [0.1, 0.15) is 32.6 Å².